The molecule has 2 atom stereocenters. The minimum absolute atomic E-state index is 0.298. The van der Waals surface area contributed by atoms with Crippen LogP contribution in [0.15, 0.2) is 54.6 Å². The highest BCUT2D eigenvalue weighted by Crippen LogP contribution is 2.47. The van der Waals surface area contributed by atoms with Gasteiger partial charge in [0.1, 0.15) is 6.04 Å². The zero-order chi connectivity index (χ0) is 15.9. The molecule has 2 aromatic rings. The van der Waals surface area contributed by atoms with Crippen molar-refractivity contribution in [3.8, 4) is 0 Å². The molecule has 2 aromatic carbocycles. The smallest absolute Gasteiger partial charge is 0.362 e. The second kappa shape index (κ2) is 5.16. The Labute approximate surface area is 126 Å². The number of hydrogen-bond acceptors (Lipinski definition) is 2. The van der Waals surface area contributed by atoms with E-state index in [1.807, 2.05) is 0 Å². The van der Waals surface area contributed by atoms with Gasteiger partial charge in [-0.3, -0.25) is 4.79 Å². The van der Waals surface area contributed by atoms with Gasteiger partial charge in [-0.15, -0.1) is 0 Å². The van der Waals surface area contributed by atoms with Crippen LogP contribution in [0.1, 0.15) is 21.8 Å². The van der Waals surface area contributed by atoms with Crippen LogP contribution in [0.2, 0.25) is 0 Å². The summed E-state index contributed by atoms with van der Waals surface area (Å²) >= 11 is 0. The Morgan fingerprint density at radius 1 is 1.00 bits per heavy atom. The molecule has 1 heterocycles. The topological polar surface area (TPSA) is 20.3 Å². The molecule has 3 rings (SSSR count). The Hall–Kier alpha value is -2.30. The summed E-state index contributed by atoms with van der Waals surface area (Å²) in [4.78, 5) is 13.8. The van der Waals surface area contributed by atoms with E-state index in [0.29, 0.717) is 16.8 Å². The molecular formula is C17H14F3NO. The molecule has 0 saturated carbocycles. The summed E-state index contributed by atoms with van der Waals surface area (Å²) in [5.41, 5.74) is 1.19. The van der Waals surface area contributed by atoms with Gasteiger partial charge in [-0.2, -0.15) is 13.2 Å². The first kappa shape index (κ1) is 14.6. The summed E-state index contributed by atoms with van der Waals surface area (Å²) in [7, 11) is 1.38. The quantitative estimate of drug-likeness (QED) is 0.781. The van der Waals surface area contributed by atoms with Crippen molar-refractivity contribution in [3.05, 3.63) is 65.7 Å². The number of fused-ring (bicyclic) bond motifs is 1. The molecular weight excluding hydrogens is 291 g/mol. The third-order valence-corrected chi connectivity index (χ3v) is 4.06. The Balaban J connectivity index is 2.12. The van der Waals surface area contributed by atoms with Crippen LogP contribution in [0.5, 0.6) is 0 Å². The lowest BCUT2D eigenvalue weighted by atomic mass is 9.87. The molecule has 0 saturated heterocycles. The summed E-state index contributed by atoms with van der Waals surface area (Å²) < 4.78 is 40.5. The fourth-order valence-electron chi connectivity index (χ4n) is 3.09. The van der Waals surface area contributed by atoms with Crippen LogP contribution in [-0.2, 0) is 0 Å². The Bertz CT molecular complexity index is 697. The SMILES string of the molecule is CN1c2ccccc2[C@@H](C(=O)c2ccccc2)[C@@H]1C(F)(F)F. The van der Waals surface area contributed by atoms with Crippen molar-refractivity contribution in [1.82, 2.24) is 0 Å². The maximum atomic E-state index is 13.5. The number of para-hydroxylation sites is 1. The number of benzene rings is 2. The van der Waals surface area contributed by atoms with Gasteiger partial charge in [0, 0.05) is 18.3 Å². The highest BCUT2D eigenvalue weighted by atomic mass is 19.4. The third kappa shape index (κ3) is 2.26. The van der Waals surface area contributed by atoms with Gasteiger partial charge in [0.15, 0.2) is 5.78 Å². The zero-order valence-corrected chi connectivity index (χ0v) is 11.8. The summed E-state index contributed by atoms with van der Waals surface area (Å²) in [5, 5.41) is 0. The second-order valence-corrected chi connectivity index (χ2v) is 5.36. The van der Waals surface area contributed by atoms with Crippen molar-refractivity contribution < 1.29 is 18.0 Å². The number of ketones is 1. The van der Waals surface area contributed by atoms with E-state index in [2.05, 4.69) is 0 Å². The van der Waals surface area contributed by atoms with Gasteiger partial charge in [-0.1, -0.05) is 48.5 Å². The largest absolute Gasteiger partial charge is 0.409 e. The molecule has 1 aliphatic rings. The van der Waals surface area contributed by atoms with Crippen LogP contribution >= 0.6 is 0 Å². The normalized spacial score (nSPS) is 20.8. The van der Waals surface area contributed by atoms with Gasteiger partial charge in [0.05, 0.1) is 5.92 Å². The van der Waals surface area contributed by atoms with Crippen LogP contribution in [0, 0.1) is 0 Å². The van der Waals surface area contributed by atoms with Crippen molar-refractivity contribution in [2.75, 3.05) is 11.9 Å². The molecule has 0 N–H and O–H groups in total. The highest BCUT2D eigenvalue weighted by Gasteiger charge is 2.55. The number of alkyl halides is 3. The first-order valence-electron chi connectivity index (χ1n) is 6.89. The molecule has 0 aromatic heterocycles. The number of anilines is 1. The molecule has 2 nitrogen and oxygen atoms in total. The molecule has 0 spiro atoms. The number of Topliss-reactive ketones (excluding diaryl/α,β-unsaturated/α-hetero) is 1. The lowest BCUT2D eigenvalue weighted by Crippen LogP contribution is -2.45. The van der Waals surface area contributed by atoms with Crippen molar-refractivity contribution in [2.45, 2.75) is 18.1 Å². The van der Waals surface area contributed by atoms with Crippen molar-refractivity contribution in [2.24, 2.45) is 0 Å². The number of rotatable bonds is 2. The monoisotopic (exact) mass is 305 g/mol. The van der Waals surface area contributed by atoms with E-state index in [-0.39, 0.29) is 0 Å². The molecule has 1 aliphatic heterocycles. The Morgan fingerprint density at radius 2 is 1.59 bits per heavy atom. The number of nitrogens with zero attached hydrogens (tertiary/aromatic N) is 1. The molecule has 5 heteroatoms. The first-order valence-corrected chi connectivity index (χ1v) is 6.89. The fraction of sp³-hybridized carbons (Fsp3) is 0.235. The van der Waals surface area contributed by atoms with Crippen LogP contribution in [0.25, 0.3) is 0 Å². The Morgan fingerprint density at radius 3 is 2.23 bits per heavy atom. The van der Waals surface area contributed by atoms with Gasteiger partial charge in [-0.05, 0) is 11.6 Å². The van der Waals surface area contributed by atoms with E-state index < -0.39 is 23.9 Å². The molecule has 0 amide bonds. The number of hydrogen-bond donors (Lipinski definition) is 0. The van der Waals surface area contributed by atoms with Crippen LogP contribution < -0.4 is 4.90 Å². The van der Waals surface area contributed by atoms with E-state index in [0.717, 1.165) is 4.90 Å². The fourth-order valence-corrected chi connectivity index (χ4v) is 3.09. The standard InChI is InChI=1S/C17H14F3NO/c1-21-13-10-6-5-9-12(13)14(16(21)17(18,19)20)15(22)11-7-3-2-4-8-11/h2-10,14,16H,1H3/t14-,16+/m0/s1. The van der Waals surface area contributed by atoms with Crippen molar-refractivity contribution in [3.63, 3.8) is 0 Å². The van der Waals surface area contributed by atoms with E-state index in [4.69, 9.17) is 0 Å². The van der Waals surface area contributed by atoms with Crippen LogP contribution in [0.3, 0.4) is 0 Å². The van der Waals surface area contributed by atoms with Gasteiger partial charge in [0.25, 0.3) is 0 Å². The van der Waals surface area contributed by atoms with E-state index in [9.17, 15) is 18.0 Å². The predicted molar refractivity (Wildman–Crippen MR) is 78.2 cm³/mol. The van der Waals surface area contributed by atoms with Gasteiger partial charge >= 0.3 is 6.18 Å². The number of likely N-dealkylation sites (N-methyl/N-ethyl adjacent to an activating group) is 1. The lowest BCUT2D eigenvalue weighted by molar-refractivity contribution is -0.148. The number of carbonyl (C=O) groups excluding carboxylic acids is 1. The maximum Gasteiger partial charge on any atom is 0.409 e. The molecule has 114 valence electrons. The summed E-state index contributed by atoms with van der Waals surface area (Å²) in [6, 6.07) is 12.9. The lowest BCUT2D eigenvalue weighted by Gasteiger charge is -2.28. The van der Waals surface area contributed by atoms with Gasteiger partial charge in [-0.25, -0.2) is 0 Å². The molecule has 0 unspecified atom stereocenters. The summed E-state index contributed by atoms with van der Waals surface area (Å²) in [6.07, 6.45) is -4.48. The molecule has 0 aliphatic carbocycles. The second-order valence-electron chi connectivity index (χ2n) is 5.36. The average Bonchev–Trinajstić information content (AvgIpc) is 2.81. The number of carbonyl (C=O) groups is 1. The minimum atomic E-state index is -4.48. The maximum absolute atomic E-state index is 13.5. The average molecular weight is 305 g/mol. The van der Waals surface area contributed by atoms with Crippen LogP contribution in [0.4, 0.5) is 18.9 Å². The minimum Gasteiger partial charge on any atom is -0.362 e. The Kier molecular flexibility index (Phi) is 3.43. The van der Waals surface area contributed by atoms with E-state index in [1.165, 1.54) is 7.05 Å². The molecule has 0 bridgehead atoms. The van der Waals surface area contributed by atoms with Gasteiger partial charge < -0.3 is 4.90 Å². The van der Waals surface area contributed by atoms with Crippen molar-refractivity contribution >= 4 is 11.5 Å². The van der Waals surface area contributed by atoms with Crippen molar-refractivity contribution in [1.29, 1.82) is 0 Å². The van der Waals surface area contributed by atoms with E-state index in [1.54, 1.807) is 54.6 Å². The predicted octanol–water partition coefficient (Wildman–Crippen LogP) is 4.03. The number of halogens is 3. The summed E-state index contributed by atoms with van der Waals surface area (Å²) in [6.45, 7) is 0. The molecule has 22 heavy (non-hydrogen) atoms. The van der Waals surface area contributed by atoms with E-state index >= 15 is 0 Å². The molecule has 0 radical (unpaired) electrons. The van der Waals surface area contributed by atoms with Gasteiger partial charge in [0.2, 0.25) is 0 Å². The highest BCUT2D eigenvalue weighted by molar-refractivity contribution is 6.03. The van der Waals surface area contributed by atoms with Crippen LogP contribution in [-0.4, -0.2) is 25.0 Å². The third-order valence-electron chi connectivity index (χ3n) is 4.06. The summed E-state index contributed by atoms with van der Waals surface area (Å²) in [5.74, 6) is -1.73. The zero-order valence-electron chi connectivity index (χ0n) is 11.8. The first-order chi connectivity index (χ1) is 10.4. The molecule has 0 fully saturated rings.